The van der Waals surface area contributed by atoms with Crippen LogP contribution in [0.15, 0.2) is 48.7 Å². The first kappa shape index (κ1) is 15.3. The van der Waals surface area contributed by atoms with Crippen LogP contribution in [-0.4, -0.2) is 27.2 Å². The predicted octanol–water partition coefficient (Wildman–Crippen LogP) is 3.48. The molecule has 3 rings (SSSR count). The Labute approximate surface area is 136 Å². The van der Waals surface area contributed by atoms with Crippen LogP contribution in [0.25, 0.3) is 5.65 Å². The lowest BCUT2D eigenvalue weighted by Crippen LogP contribution is -2.28. The van der Waals surface area contributed by atoms with Gasteiger partial charge in [-0.2, -0.15) is 0 Å². The SMILES string of the molecule is CCc1nc2ccc(C)cn2c1C(=O)N(C)Cc1ccccc1. The number of hydrogen-bond acceptors (Lipinski definition) is 2. The van der Waals surface area contributed by atoms with Crippen molar-refractivity contribution in [1.29, 1.82) is 0 Å². The van der Waals surface area contributed by atoms with Gasteiger partial charge in [0.25, 0.3) is 5.91 Å². The van der Waals surface area contributed by atoms with Crippen LogP contribution in [0.1, 0.15) is 34.2 Å². The van der Waals surface area contributed by atoms with Crippen LogP contribution in [0.2, 0.25) is 0 Å². The van der Waals surface area contributed by atoms with Gasteiger partial charge in [0, 0.05) is 19.8 Å². The predicted molar refractivity (Wildman–Crippen MR) is 91.5 cm³/mol. The van der Waals surface area contributed by atoms with E-state index in [1.54, 1.807) is 4.90 Å². The molecule has 23 heavy (non-hydrogen) atoms. The highest BCUT2D eigenvalue weighted by atomic mass is 16.2. The van der Waals surface area contributed by atoms with E-state index in [2.05, 4.69) is 4.98 Å². The summed E-state index contributed by atoms with van der Waals surface area (Å²) in [4.78, 5) is 19.3. The molecule has 4 nitrogen and oxygen atoms in total. The largest absolute Gasteiger partial charge is 0.336 e. The standard InChI is InChI=1S/C19H21N3O/c1-4-16-18(22-12-14(2)10-11-17(22)20-16)19(23)21(3)13-15-8-6-5-7-9-15/h5-12H,4,13H2,1-3H3. The minimum absolute atomic E-state index is 0.00352. The van der Waals surface area contributed by atoms with Crippen LogP contribution in [0.4, 0.5) is 0 Å². The molecule has 0 N–H and O–H groups in total. The van der Waals surface area contributed by atoms with Gasteiger partial charge in [-0.1, -0.05) is 43.3 Å². The number of aromatic nitrogens is 2. The van der Waals surface area contributed by atoms with Crippen molar-refractivity contribution in [3.63, 3.8) is 0 Å². The average molecular weight is 307 g/mol. The van der Waals surface area contributed by atoms with Gasteiger partial charge in [0.15, 0.2) is 0 Å². The van der Waals surface area contributed by atoms with Gasteiger partial charge < -0.3 is 4.90 Å². The van der Waals surface area contributed by atoms with Gasteiger partial charge in [-0.05, 0) is 30.5 Å². The van der Waals surface area contributed by atoms with E-state index in [0.717, 1.165) is 28.9 Å². The first-order chi connectivity index (χ1) is 11.1. The molecular weight excluding hydrogens is 286 g/mol. The van der Waals surface area contributed by atoms with E-state index < -0.39 is 0 Å². The molecule has 1 amide bonds. The lowest BCUT2D eigenvalue weighted by atomic mass is 10.2. The van der Waals surface area contributed by atoms with Gasteiger partial charge in [-0.15, -0.1) is 0 Å². The third-order valence-electron chi connectivity index (χ3n) is 3.99. The second-order valence-corrected chi connectivity index (χ2v) is 5.84. The number of carbonyl (C=O) groups is 1. The smallest absolute Gasteiger partial charge is 0.272 e. The molecule has 0 aliphatic carbocycles. The topological polar surface area (TPSA) is 37.6 Å². The van der Waals surface area contributed by atoms with Crippen molar-refractivity contribution in [3.05, 3.63) is 71.2 Å². The molecule has 4 heteroatoms. The van der Waals surface area contributed by atoms with E-state index in [4.69, 9.17) is 0 Å². The molecule has 2 heterocycles. The molecule has 0 radical (unpaired) electrons. The number of nitrogens with zero attached hydrogens (tertiary/aromatic N) is 3. The van der Waals surface area contributed by atoms with Crippen molar-refractivity contribution in [3.8, 4) is 0 Å². The summed E-state index contributed by atoms with van der Waals surface area (Å²) in [5.41, 5.74) is 4.57. The van der Waals surface area contributed by atoms with E-state index in [-0.39, 0.29) is 5.91 Å². The molecule has 0 aliphatic heterocycles. The fourth-order valence-corrected chi connectivity index (χ4v) is 2.78. The van der Waals surface area contributed by atoms with Crippen molar-refractivity contribution in [1.82, 2.24) is 14.3 Å². The van der Waals surface area contributed by atoms with Crippen LogP contribution < -0.4 is 0 Å². The fraction of sp³-hybridized carbons (Fsp3) is 0.263. The maximum atomic E-state index is 13.0. The van der Waals surface area contributed by atoms with E-state index >= 15 is 0 Å². The third-order valence-corrected chi connectivity index (χ3v) is 3.99. The van der Waals surface area contributed by atoms with Gasteiger partial charge >= 0.3 is 0 Å². The monoisotopic (exact) mass is 307 g/mol. The Morgan fingerprint density at radius 2 is 1.91 bits per heavy atom. The molecule has 0 unspecified atom stereocenters. The second kappa shape index (κ2) is 6.24. The van der Waals surface area contributed by atoms with E-state index in [1.165, 1.54) is 0 Å². The van der Waals surface area contributed by atoms with Crippen molar-refractivity contribution in [2.24, 2.45) is 0 Å². The van der Waals surface area contributed by atoms with E-state index in [1.807, 2.05) is 74.0 Å². The maximum absolute atomic E-state index is 13.0. The second-order valence-electron chi connectivity index (χ2n) is 5.84. The van der Waals surface area contributed by atoms with Crippen LogP contribution in [0.3, 0.4) is 0 Å². The molecule has 0 bridgehead atoms. The molecule has 0 saturated carbocycles. The number of aryl methyl sites for hydroxylation is 2. The third kappa shape index (κ3) is 2.97. The number of amides is 1. The first-order valence-electron chi connectivity index (χ1n) is 7.87. The molecule has 0 fully saturated rings. The summed E-state index contributed by atoms with van der Waals surface area (Å²) in [6, 6.07) is 14.0. The first-order valence-corrected chi connectivity index (χ1v) is 7.87. The zero-order chi connectivity index (χ0) is 16.4. The molecular formula is C19H21N3O. The number of rotatable bonds is 4. The highest BCUT2D eigenvalue weighted by molar-refractivity contribution is 5.94. The van der Waals surface area contributed by atoms with Crippen LogP contribution in [0, 0.1) is 6.92 Å². The zero-order valence-corrected chi connectivity index (χ0v) is 13.8. The number of hydrogen-bond donors (Lipinski definition) is 0. The molecule has 1 aromatic carbocycles. The Kier molecular flexibility index (Phi) is 4.15. The Morgan fingerprint density at radius 3 is 2.61 bits per heavy atom. The highest BCUT2D eigenvalue weighted by Gasteiger charge is 2.21. The molecule has 0 aliphatic rings. The summed E-state index contributed by atoms with van der Waals surface area (Å²) in [6.07, 6.45) is 2.71. The fourth-order valence-electron chi connectivity index (χ4n) is 2.78. The van der Waals surface area contributed by atoms with Gasteiger partial charge in [0.1, 0.15) is 11.3 Å². The molecule has 0 saturated heterocycles. The summed E-state index contributed by atoms with van der Waals surface area (Å²) in [6.45, 7) is 4.64. The molecule has 0 atom stereocenters. The van der Waals surface area contributed by atoms with Crippen LogP contribution in [-0.2, 0) is 13.0 Å². The quantitative estimate of drug-likeness (QED) is 0.740. The Morgan fingerprint density at radius 1 is 1.17 bits per heavy atom. The van der Waals surface area contributed by atoms with E-state index in [0.29, 0.717) is 12.2 Å². The van der Waals surface area contributed by atoms with Gasteiger partial charge in [0.05, 0.1) is 5.69 Å². The number of imidazole rings is 1. The number of carbonyl (C=O) groups excluding carboxylic acids is 1. The Balaban J connectivity index is 1.98. The maximum Gasteiger partial charge on any atom is 0.272 e. The normalized spacial score (nSPS) is 10.9. The van der Waals surface area contributed by atoms with Gasteiger partial charge in [-0.25, -0.2) is 4.98 Å². The van der Waals surface area contributed by atoms with Gasteiger partial charge in [-0.3, -0.25) is 9.20 Å². The van der Waals surface area contributed by atoms with Crippen LogP contribution in [0.5, 0.6) is 0 Å². The number of pyridine rings is 1. The number of fused-ring (bicyclic) bond motifs is 1. The summed E-state index contributed by atoms with van der Waals surface area (Å²) in [5, 5.41) is 0. The molecule has 3 aromatic rings. The molecule has 2 aromatic heterocycles. The van der Waals surface area contributed by atoms with Crippen molar-refractivity contribution in [2.45, 2.75) is 26.8 Å². The van der Waals surface area contributed by atoms with Crippen LogP contribution >= 0.6 is 0 Å². The highest BCUT2D eigenvalue weighted by Crippen LogP contribution is 2.17. The summed E-state index contributed by atoms with van der Waals surface area (Å²) >= 11 is 0. The summed E-state index contributed by atoms with van der Waals surface area (Å²) in [7, 11) is 1.84. The van der Waals surface area contributed by atoms with E-state index in [9.17, 15) is 4.79 Å². The van der Waals surface area contributed by atoms with Crippen molar-refractivity contribution < 1.29 is 4.79 Å². The van der Waals surface area contributed by atoms with Crippen molar-refractivity contribution in [2.75, 3.05) is 7.05 Å². The summed E-state index contributed by atoms with van der Waals surface area (Å²) in [5.74, 6) is 0.00352. The lowest BCUT2D eigenvalue weighted by Gasteiger charge is -2.18. The van der Waals surface area contributed by atoms with Gasteiger partial charge in [0.2, 0.25) is 0 Å². The lowest BCUT2D eigenvalue weighted by molar-refractivity contribution is 0.0777. The minimum Gasteiger partial charge on any atom is -0.336 e. The number of benzene rings is 1. The zero-order valence-electron chi connectivity index (χ0n) is 13.8. The summed E-state index contributed by atoms with van der Waals surface area (Å²) < 4.78 is 1.91. The minimum atomic E-state index is 0.00352. The Hall–Kier alpha value is -2.62. The molecule has 0 spiro atoms. The molecule has 118 valence electrons. The van der Waals surface area contributed by atoms with Crippen molar-refractivity contribution >= 4 is 11.6 Å². The Bertz CT molecular complexity index is 836. The average Bonchev–Trinajstić information content (AvgIpc) is 2.92.